The summed E-state index contributed by atoms with van der Waals surface area (Å²) < 4.78 is 1.92. The molecule has 2 heterocycles. The fourth-order valence-electron chi connectivity index (χ4n) is 2.76. The Morgan fingerprint density at radius 3 is 2.64 bits per heavy atom. The van der Waals surface area contributed by atoms with Crippen LogP contribution in [0, 0.1) is 13.8 Å². The molecule has 2 aromatic rings. The second-order valence-electron chi connectivity index (χ2n) is 6.34. The van der Waals surface area contributed by atoms with Crippen molar-refractivity contribution in [3.05, 3.63) is 39.3 Å². The summed E-state index contributed by atoms with van der Waals surface area (Å²) in [4.78, 5) is 8.35. The quantitative estimate of drug-likeness (QED) is 0.587. The second-order valence-corrected chi connectivity index (χ2v) is 7.32. The maximum absolute atomic E-state index is 4.76. The predicted octanol–water partition coefficient (Wildman–Crippen LogP) is 2.46. The van der Waals surface area contributed by atoms with Crippen LogP contribution in [0.1, 0.15) is 34.8 Å². The molecule has 2 rings (SSSR count). The molecule has 0 aliphatic carbocycles. The first-order valence-electron chi connectivity index (χ1n) is 8.65. The molecular formula is C18H30N6S. The van der Waals surface area contributed by atoms with Crippen molar-refractivity contribution in [1.82, 2.24) is 25.3 Å². The van der Waals surface area contributed by atoms with Gasteiger partial charge in [-0.2, -0.15) is 5.10 Å². The number of guanidine groups is 1. The van der Waals surface area contributed by atoms with Crippen LogP contribution >= 0.6 is 11.3 Å². The van der Waals surface area contributed by atoms with Gasteiger partial charge >= 0.3 is 0 Å². The van der Waals surface area contributed by atoms with Gasteiger partial charge in [-0.1, -0.05) is 6.07 Å². The minimum absolute atomic E-state index is 0.325. The molecule has 0 saturated heterocycles. The van der Waals surface area contributed by atoms with E-state index < -0.39 is 0 Å². The average Bonchev–Trinajstić information content (AvgIpc) is 3.15. The monoisotopic (exact) mass is 362 g/mol. The van der Waals surface area contributed by atoms with Crippen LogP contribution in [0.5, 0.6) is 0 Å². The van der Waals surface area contributed by atoms with Gasteiger partial charge in [0.15, 0.2) is 5.96 Å². The molecule has 0 saturated carbocycles. The lowest BCUT2D eigenvalue weighted by atomic mass is 10.2. The van der Waals surface area contributed by atoms with Gasteiger partial charge in [-0.3, -0.25) is 4.68 Å². The van der Waals surface area contributed by atoms with Gasteiger partial charge in [-0.05, 0) is 46.3 Å². The molecule has 7 heteroatoms. The largest absolute Gasteiger partial charge is 0.357 e. The van der Waals surface area contributed by atoms with E-state index in [1.807, 2.05) is 18.7 Å². The molecule has 0 bridgehead atoms. The zero-order chi connectivity index (χ0) is 18.4. The van der Waals surface area contributed by atoms with Crippen LogP contribution in [0.15, 0.2) is 22.5 Å². The number of nitrogens with one attached hydrogen (secondary N) is 2. The van der Waals surface area contributed by atoms with Crippen molar-refractivity contribution >= 4 is 17.3 Å². The normalized spacial score (nSPS) is 13.3. The molecule has 0 fully saturated rings. The molecule has 2 N–H and O–H groups in total. The Hall–Kier alpha value is -1.86. The fourth-order valence-corrected chi connectivity index (χ4v) is 3.68. The first-order chi connectivity index (χ1) is 11.9. The van der Waals surface area contributed by atoms with Gasteiger partial charge in [-0.25, -0.2) is 4.99 Å². The number of likely N-dealkylation sites (N-methyl/N-ethyl adjacent to an activating group) is 1. The maximum Gasteiger partial charge on any atom is 0.191 e. The number of hydrogen-bond donors (Lipinski definition) is 2. The number of aliphatic imine (C=N–C) groups is 1. The smallest absolute Gasteiger partial charge is 0.191 e. The number of hydrogen-bond acceptors (Lipinski definition) is 4. The standard InChI is InChI=1S/C18H30N6S/c1-7-19-18(20-11-15-13(2)22-24(6)14(15)3)21-12-16(23(4)5)17-9-8-10-25-17/h8-10,16H,7,11-12H2,1-6H3,(H2,19,20,21). The summed E-state index contributed by atoms with van der Waals surface area (Å²) in [6, 6.07) is 4.61. The number of rotatable bonds is 7. The molecule has 6 nitrogen and oxygen atoms in total. The average molecular weight is 363 g/mol. The van der Waals surface area contributed by atoms with Gasteiger partial charge in [0.1, 0.15) is 0 Å². The molecule has 0 aliphatic heterocycles. The van der Waals surface area contributed by atoms with E-state index in [2.05, 4.69) is 66.1 Å². The van der Waals surface area contributed by atoms with Gasteiger partial charge < -0.3 is 15.5 Å². The van der Waals surface area contributed by atoms with Crippen LogP contribution in [-0.4, -0.2) is 47.8 Å². The van der Waals surface area contributed by atoms with Crippen molar-refractivity contribution in [2.45, 2.75) is 33.4 Å². The molecule has 138 valence electrons. The van der Waals surface area contributed by atoms with E-state index in [0.717, 1.165) is 24.7 Å². The minimum Gasteiger partial charge on any atom is -0.357 e. The lowest BCUT2D eigenvalue weighted by Crippen LogP contribution is -2.41. The van der Waals surface area contributed by atoms with Gasteiger partial charge in [-0.15, -0.1) is 11.3 Å². The summed E-state index contributed by atoms with van der Waals surface area (Å²) in [7, 11) is 6.19. The van der Waals surface area contributed by atoms with E-state index in [1.165, 1.54) is 16.1 Å². The highest BCUT2D eigenvalue weighted by Crippen LogP contribution is 2.22. The molecule has 0 radical (unpaired) electrons. The van der Waals surface area contributed by atoms with Crippen molar-refractivity contribution in [2.75, 3.05) is 27.2 Å². The number of aryl methyl sites for hydroxylation is 2. The van der Waals surface area contributed by atoms with E-state index in [9.17, 15) is 0 Å². The Labute approximate surface area is 155 Å². The third-order valence-corrected chi connectivity index (χ3v) is 5.33. The van der Waals surface area contributed by atoms with Gasteiger partial charge in [0.05, 0.1) is 18.3 Å². The van der Waals surface area contributed by atoms with E-state index in [4.69, 9.17) is 4.99 Å². The van der Waals surface area contributed by atoms with Crippen molar-refractivity contribution in [3.63, 3.8) is 0 Å². The van der Waals surface area contributed by atoms with Gasteiger partial charge in [0, 0.05) is 36.3 Å². The number of nitrogens with zero attached hydrogens (tertiary/aromatic N) is 4. The first-order valence-corrected chi connectivity index (χ1v) is 9.53. The Morgan fingerprint density at radius 1 is 1.36 bits per heavy atom. The van der Waals surface area contributed by atoms with E-state index in [1.54, 1.807) is 11.3 Å². The van der Waals surface area contributed by atoms with Crippen LogP contribution in [0.2, 0.25) is 0 Å². The van der Waals surface area contributed by atoms with Crippen LogP contribution < -0.4 is 10.6 Å². The first kappa shape index (κ1) is 19.5. The molecule has 0 spiro atoms. The van der Waals surface area contributed by atoms with Crippen LogP contribution in [0.25, 0.3) is 0 Å². The molecule has 2 aromatic heterocycles. The highest BCUT2D eigenvalue weighted by Gasteiger charge is 2.16. The fraction of sp³-hybridized carbons (Fsp3) is 0.556. The second kappa shape index (κ2) is 9.01. The number of aromatic nitrogens is 2. The molecule has 1 unspecified atom stereocenters. The molecule has 0 aromatic carbocycles. The summed E-state index contributed by atoms with van der Waals surface area (Å²) >= 11 is 1.79. The van der Waals surface area contributed by atoms with Gasteiger partial charge in [0.2, 0.25) is 0 Å². The highest BCUT2D eigenvalue weighted by molar-refractivity contribution is 7.10. The van der Waals surface area contributed by atoms with E-state index >= 15 is 0 Å². The van der Waals surface area contributed by atoms with Crippen molar-refractivity contribution in [3.8, 4) is 0 Å². The van der Waals surface area contributed by atoms with Crippen molar-refractivity contribution in [2.24, 2.45) is 12.0 Å². The highest BCUT2D eigenvalue weighted by atomic mass is 32.1. The zero-order valence-corrected chi connectivity index (χ0v) is 16.9. The van der Waals surface area contributed by atoms with Crippen molar-refractivity contribution in [1.29, 1.82) is 0 Å². The summed E-state index contributed by atoms with van der Waals surface area (Å²) in [6.07, 6.45) is 0. The van der Waals surface area contributed by atoms with E-state index in [0.29, 0.717) is 12.6 Å². The SMILES string of the molecule is CCNC(=NCc1c(C)nn(C)c1C)NCC(c1cccs1)N(C)C. The molecule has 0 aliphatic rings. The Kier molecular flexibility index (Phi) is 7.01. The van der Waals surface area contributed by atoms with Crippen molar-refractivity contribution < 1.29 is 0 Å². The Balaban J connectivity index is 2.06. The third-order valence-electron chi connectivity index (χ3n) is 4.36. The topological polar surface area (TPSA) is 57.5 Å². The number of thiophene rings is 1. The van der Waals surface area contributed by atoms with Crippen LogP contribution in [0.4, 0.5) is 0 Å². The summed E-state index contributed by atoms with van der Waals surface area (Å²) in [6.45, 7) is 8.49. The van der Waals surface area contributed by atoms with Crippen LogP contribution in [0.3, 0.4) is 0 Å². The lowest BCUT2D eigenvalue weighted by Gasteiger charge is -2.24. The van der Waals surface area contributed by atoms with E-state index in [-0.39, 0.29) is 0 Å². The van der Waals surface area contributed by atoms with Gasteiger partial charge in [0.25, 0.3) is 0 Å². The Morgan fingerprint density at radius 2 is 2.12 bits per heavy atom. The molecule has 25 heavy (non-hydrogen) atoms. The summed E-state index contributed by atoms with van der Waals surface area (Å²) in [5.74, 6) is 0.841. The summed E-state index contributed by atoms with van der Waals surface area (Å²) in [5, 5.41) is 13.4. The minimum atomic E-state index is 0.325. The third kappa shape index (κ3) is 5.06. The lowest BCUT2D eigenvalue weighted by molar-refractivity contribution is 0.302. The zero-order valence-electron chi connectivity index (χ0n) is 16.1. The predicted molar refractivity (Wildman–Crippen MR) is 106 cm³/mol. The Bertz CT molecular complexity index is 687. The molecule has 1 atom stereocenters. The maximum atomic E-state index is 4.76. The molecular weight excluding hydrogens is 332 g/mol. The van der Waals surface area contributed by atoms with Crippen LogP contribution in [-0.2, 0) is 13.6 Å². The molecule has 0 amide bonds. The summed E-state index contributed by atoms with van der Waals surface area (Å²) in [5.41, 5.74) is 3.41.